The first-order chi connectivity index (χ1) is 13.2. The molecule has 1 unspecified atom stereocenters. The van der Waals surface area contributed by atoms with E-state index in [9.17, 15) is 4.57 Å². The summed E-state index contributed by atoms with van der Waals surface area (Å²) < 4.78 is 22.9. The number of nitrogens with zero attached hydrogens (tertiary/aromatic N) is 2. The molecule has 0 aliphatic carbocycles. The fourth-order valence-corrected chi connectivity index (χ4v) is 4.30. The van der Waals surface area contributed by atoms with Gasteiger partial charge in [0.25, 0.3) is 0 Å². The Hall–Kier alpha value is -2.27. The third kappa shape index (κ3) is 4.76. The maximum atomic E-state index is 11.3. The lowest BCUT2D eigenvalue weighted by molar-refractivity contribution is 0.0432. The monoisotopic (exact) mass is 418 g/mol. The highest BCUT2D eigenvalue weighted by atomic mass is 32.1. The number of hydrogen-bond acceptors (Lipinski definition) is 6. The molecule has 0 radical (unpaired) electrons. The molecule has 7 nitrogen and oxygen atoms in total. The molecule has 0 spiro atoms. The number of nitriles is 1. The lowest BCUT2D eigenvalue weighted by Gasteiger charge is -2.29. The van der Waals surface area contributed by atoms with E-state index in [0.29, 0.717) is 29.3 Å². The second-order valence-corrected chi connectivity index (χ2v) is 8.61. The minimum Gasteiger partial charge on any atom is -0.489 e. The Balaban J connectivity index is 1.70. The first-order valence-corrected chi connectivity index (χ1v) is 10.9. The lowest BCUT2D eigenvalue weighted by Crippen LogP contribution is -2.23. The van der Waals surface area contributed by atoms with Gasteiger partial charge in [-0.1, -0.05) is 31.2 Å². The minimum absolute atomic E-state index is 0.331. The number of phosphoric acid groups is 1. The number of benzene rings is 2. The number of hydrogen-bond donors (Lipinski definition) is 2. The van der Waals surface area contributed by atoms with Crippen LogP contribution in [0.25, 0.3) is 10.2 Å². The van der Waals surface area contributed by atoms with Crippen molar-refractivity contribution >= 4 is 29.4 Å². The van der Waals surface area contributed by atoms with Gasteiger partial charge in [0.1, 0.15) is 24.0 Å². The van der Waals surface area contributed by atoms with Gasteiger partial charge in [0, 0.05) is 0 Å². The van der Waals surface area contributed by atoms with E-state index in [1.165, 1.54) is 11.3 Å². The molecule has 1 heterocycles. The molecule has 9 heteroatoms. The van der Waals surface area contributed by atoms with E-state index in [1.807, 2.05) is 30.3 Å². The molecule has 146 valence electrons. The molecule has 1 aromatic heterocycles. The summed E-state index contributed by atoms with van der Waals surface area (Å²) in [7, 11) is -4.60. The summed E-state index contributed by atoms with van der Waals surface area (Å²) in [4.78, 5) is 22.5. The summed E-state index contributed by atoms with van der Waals surface area (Å²) in [6.07, 6.45) is 0.410. The number of aromatic nitrogens is 1. The predicted molar refractivity (Wildman–Crippen MR) is 106 cm³/mol. The van der Waals surface area contributed by atoms with Crippen LogP contribution in [0, 0.1) is 11.3 Å². The Kier molecular flexibility index (Phi) is 5.84. The number of rotatable bonds is 7. The van der Waals surface area contributed by atoms with Crippen LogP contribution in [0.4, 0.5) is 0 Å². The topological polar surface area (TPSA) is 113 Å². The van der Waals surface area contributed by atoms with Crippen molar-refractivity contribution in [2.45, 2.75) is 32.5 Å². The van der Waals surface area contributed by atoms with Gasteiger partial charge in [0.2, 0.25) is 0 Å². The average molecular weight is 418 g/mol. The smallest absolute Gasteiger partial charge is 0.470 e. The van der Waals surface area contributed by atoms with Gasteiger partial charge in [0.05, 0.1) is 10.2 Å². The van der Waals surface area contributed by atoms with Crippen LogP contribution in [0.1, 0.15) is 36.4 Å². The van der Waals surface area contributed by atoms with E-state index in [4.69, 9.17) is 24.3 Å². The SMILES string of the molecule is CCC(C)(OP(=O)(O)O)c1ccc(COc2ccc3nc(C#N)sc3c2)cc1. The van der Waals surface area contributed by atoms with Crippen molar-refractivity contribution in [2.24, 2.45) is 0 Å². The van der Waals surface area contributed by atoms with E-state index in [-0.39, 0.29) is 0 Å². The van der Waals surface area contributed by atoms with Crippen molar-refractivity contribution in [3.63, 3.8) is 0 Å². The fourth-order valence-electron chi connectivity index (χ4n) is 2.75. The number of ether oxygens (including phenoxy) is 1. The Bertz CT molecular complexity index is 1070. The van der Waals surface area contributed by atoms with Gasteiger partial charge in [-0.2, -0.15) is 5.26 Å². The summed E-state index contributed by atoms with van der Waals surface area (Å²) in [6.45, 7) is 3.79. The average Bonchev–Trinajstić information content (AvgIpc) is 3.08. The first-order valence-electron chi connectivity index (χ1n) is 8.51. The first kappa shape index (κ1) is 20.5. The summed E-state index contributed by atoms with van der Waals surface area (Å²) in [6, 6.07) is 14.8. The van der Waals surface area contributed by atoms with E-state index in [1.54, 1.807) is 32.0 Å². The minimum atomic E-state index is -4.60. The molecule has 1 atom stereocenters. The van der Waals surface area contributed by atoms with Crippen molar-refractivity contribution in [2.75, 3.05) is 0 Å². The van der Waals surface area contributed by atoms with E-state index in [0.717, 1.165) is 15.8 Å². The van der Waals surface area contributed by atoms with Gasteiger partial charge >= 0.3 is 7.82 Å². The Morgan fingerprint density at radius 2 is 1.96 bits per heavy atom. The third-order valence-electron chi connectivity index (χ3n) is 4.42. The van der Waals surface area contributed by atoms with E-state index >= 15 is 0 Å². The summed E-state index contributed by atoms with van der Waals surface area (Å²) >= 11 is 1.31. The molecular formula is C19H19N2O5PS. The zero-order chi connectivity index (χ0) is 20.4. The quantitative estimate of drug-likeness (QED) is 0.544. The van der Waals surface area contributed by atoms with Gasteiger partial charge in [0.15, 0.2) is 5.01 Å². The maximum absolute atomic E-state index is 11.3. The number of thiazole rings is 1. The molecule has 0 fully saturated rings. The predicted octanol–water partition coefficient (Wildman–Crippen LogP) is 4.48. The molecule has 0 saturated carbocycles. The highest BCUT2D eigenvalue weighted by Crippen LogP contribution is 2.46. The van der Waals surface area contributed by atoms with Crippen LogP contribution >= 0.6 is 19.2 Å². The van der Waals surface area contributed by atoms with Crippen LogP contribution in [0.3, 0.4) is 0 Å². The normalized spacial score (nSPS) is 13.8. The molecule has 3 rings (SSSR count). The zero-order valence-electron chi connectivity index (χ0n) is 15.3. The number of fused-ring (bicyclic) bond motifs is 1. The van der Waals surface area contributed by atoms with E-state index < -0.39 is 13.4 Å². The Morgan fingerprint density at radius 3 is 2.57 bits per heavy atom. The number of phosphoric ester groups is 1. The molecule has 0 aliphatic rings. The van der Waals surface area contributed by atoms with Crippen molar-refractivity contribution in [1.29, 1.82) is 5.26 Å². The molecule has 0 bridgehead atoms. The van der Waals surface area contributed by atoms with E-state index in [2.05, 4.69) is 4.98 Å². The van der Waals surface area contributed by atoms with Crippen LogP contribution in [0.15, 0.2) is 42.5 Å². The summed E-state index contributed by atoms with van der Waals surface area (Å²) in [5, 5.41) is 9.35. The van der Waals surface area contributed by atoms with Crippen molar-refractivity contribution in [3.05, 3.63) is 58.6 Å². The van der Waals surface area contributed by atoms with Gasteiger partial charge in [-0.3, -0.25) is 4.52 Å². The molecule has 0 saturated heterocycles. The van der Waals surface area contributed by atoms with Crippen LogP contribution in [0.2, 0.25) is 0 Å². The van der Waals surface area contributed by atoms with Crippen molar-refractivity contribution < 1.29 is 23.6 Å². The standard InChI is InChI=1S/C19H19N2O5PS/c1-3-19(2,26-27(22,23)24)14-6-4-13(5-7-14)12-25-15-8-9-16-17(10-15)28-18(11-20)21-16/h4-10H,3,12H2,1-2H3,(H2,22,23,24). The molecule has 28 heavy (non-hydrogen) atoms. The van der Waals surface area contributed by atoms with Gasteiger partial charge < -0.3 is 14.5 Å². The van der Waals surface area contributed by atoms with Crippen LogP contribution in [0.5, 0.6) is 5.75 Å². The van der Waals surface area contributed by atoms with Gasteiger partial charge in [-0.15, -0.1) is 11.3 Å². The fraction of sp³-hybridized carbons (Fsp3) is 0.263. The summed E-state index contributed by atoms with van der Waals surface area (Å²) in [5.74, 6) is 0.674. The summed E-state index contributed by atoms with van der Waals surface area (Å²) in [5.41, 5.74) is 1.27. The molecule has 2 N–H and O–H groups in total. The van der Waals surface area contributed by atoms with Gasteiger partial charge in [-0.25, -0.2) is 9.55 Å². The molecule has 0 aliphatic heterocycles. The van der Waals surface area contributed by atoms with Crippen LogP contribution in [-0.4, -0.2) is 14.8 Å². The van der Waals surface area contributed by atoms with Crippen LogP contribution in [-0.2, 0) is 21.3 Å². The second-order valence-electron chi connectivity index (χ2n) is 6.41. The largest absolute Gasteiger partial charge is 0.489 e. The molecule has 3 aromatic rings. The van der Waals surface area contributed by atoms with Crippen LogP contribution < -0.4 is 4.74 Å². The maximum Gasteiger partial charge on any atom is 0.470 e. The highest BCUT2D eigenvalue weighted by Gasteiger charge is 2.33. The van der Waals surface area contributed by atoms with Gasteiger partial charge in [-0.05, 0) is 42.7 Å². The third-order valence-corrected chi connectivity index (χ3v) is 5.98. The Morgan fingerprint density at radius 1 is 1.25 bits per heavy atom. The molecule has 0 amide bonds. The molecular weight excluding hydrogens is 399 g/mol. The van der Waals surface area contributed by atoms with Crippen molar-refractivity contribution in [1.82, 2.24) is 4.98 Å². The Labute approximate surface area is 166 Å². The zero-order valence-corrected chi connectivity index (χ0v) is 17.0. The molecule has 2 aromatic carbocycles. The lowest BCUT2D eigenvalue weighted by atomic mass is 9.93. The second kappa shape index (κ2) is 8.00. The van der Waals surface area contributed by atoms with Crippen molar-refractivity contribution in [3.8, 4) is 11.8 Å². The highest BCUT2D eigenvalue weighted by molar-refractivity contribution is 7.46.